The van der Waals surface area contributed by atoms with E-state index in [0.717, 1.165) is 24.5 Å². The minimum absolute atomic E-state index is 0.151. The maximum absolute atomic E-state index is 13.5. The van der Waals surface area contributed by atoms with Gasteiger partial charge in [-0.2, -0.15) is 0 Å². The second kappa shape index (κ2) is 4.53. The van der Waals surface area contributed by atoms with Crippen molar-refractivity contribution in [3.8, 4) is 0 Å². The molecular formula is C11H13ClF2O2S. The molecule has 1 atom stereocenters. The monoisotopic (exact) mass is 282 g/mol. The van der Waals surface area contributed by atoms with Crippen molar-refractivity contribution < 1.29 is 17.2 Å². The van der Waals surface area contributed by atoms with Gasteiger partial charge >= 0.3 is 0 Å². The first-order valence-corrected chi connectivity index (χ1v) is 7.19. The van der Waals surface area contributed by atoms with Crippen LogP contribution in [0.5, 0.6) is 0 Å². The van der Waals surface area contributed by atoms with E-state index in [-0.39, 0.29) is 5.56 Å². The van der Waals surface area contributed by atoms with Crippen LogP contribution < -0.4 is 0 Å². The van der Waals surface area contributed by atoms with Crippen molar-refractivity contribution in [1.82, 2.24) is 0 Å². The Hall–Kier alpha value is -0.680. The largest absolute Gasteiger partial charge is 0.229 e. The minimum Gasteiger partial charge on any atom is -0.229 e. The molecule has 0 aliphatic carbocycles. The molecule has 1 aromatic rings. The van der Waals surface area contributed by atoms with E-state index in [1.807, 2.05) is 0 Å². The number of hydrogen-bond donors (Lipinski definition) is 0. The van der Waals surface area contributed by atoms with Gasteiger partial charge in [0.25, 0.3) is 0 Å². The van der Waals surface area contributed by atoms with Crippen molar-refractivity contribution in [2.24, 2.45) is 0 Å². The molecule has 0 spiro atoms. The Balaban J connectivity index is 3.30. The van der Waals surface area contributed by atoms with Crippen LogP contribution in [0.2, 0.25) is 0 Å². The summed E-state index contributed by atoms with van der Waals surface area (Å²) in [6.07, 6.45) is 1.01. The van der Waals surface area contributed by atoms with Crippen LogP contribution in [0.4, 0.5) is 8.78 Å². The summed E-state index contributed by atoms with van der Waals surface area (Å²) in [6, 6.07) is 2.80. The molecular weight excluding hydrogens is 270 g/mol. The summed E-state index contributed by atoms with van der Waals surface area (Å²) in [6.45, 7) is 2.76. The lowest BCUT2D eigenvalue weighted by Gasteiger charge is -2.28. The van der Waals surface area contributed by atoms with Gasteiger partial charge in [0.15, 0.2) is 9.84 Å². The molecule has 1 aromatic carbocycles. The van der Waals surface area contributed by atoms with E-state index in [2.05, 4.69) is 0 Å². The van der Waals surface area contributed by atoms with E-state index in [9.17, 15) is 17.2 Å². The van der Waals surface area contributed by atoms with Crippen LogP contribution in [0.25, 0.3) is 0 Å². The van der Waals surface area contributed by atoms with E-state index in [4.69, 9.17) is 11.6 Å². The fourth-order valence-corrected chi connectivity index (χ4v) is 2.43. The molecule has 1 rings (SSSR count). The van der Waals surface area contributed by atoms with Crippen molar-refractivity contribution in [2.75, 3.05) is 6.26 Å². The predicted molar refractivity (Wildman–Crippen MR) is 63.9 cm³/mol. The van der Waals surface area contributed by atoms with Crippen LogP contribution in [0.3, 0.4) is 0 Å². The van der Waals surface area contributed by atoms with Gasteiger partial charge in [-0.15, -0.1) is 11.6 Å². The smallest absolute Gasteiger partial charge is 0.154 e. The highest BCUT2D eigenvalue weighted by molar-refractivity contribution is 7.92. The number of sulfone groups is 1. The van der Waals surface area contributed by atoms with E-state index in [1.165, 1.54) is 13.8 Å². The molecule has 6 heteroatoms. The van der Waals surface area contributed by atoms with Crippen LogP contribution in [0, 0.1) is 11.6 Å². The maximum Gasteiger partial charge on any atom is 0.154 e. The Labute approximate surface area is 105 Å². The highest BCUT2D eigenvalue weighted by Gasteiger charge is 2.40. The van der Waals surface area contributed by atoms with E-state index in [0.29, 0.717) is 0 Å². The predicted octanol–water partition coefficient (Wildman–Crippen LogP) is 3.07. The van der Waals surface area contributed by atoms with Crippen LogP contribution in [0.15, 0.2) is 18.2 Å². The van der Waals surface area contributed by atoms with Gasteiger partial charge < -0.3 is 0 Å². The lowest BCUT2D eigenvalue weighted by molar-refractivity contribution is 0.526. The first-order chi connectivity index (χ1) is 7.57. The molecule has 0 aliphatic heterocycles. The van der Waals surface area contributed by atoms with E-state index < -0.39 is 31.6 Å². The summed E-state index contributed by atoms with van der Waals surface area (Å²) in [5.41, 5.74) is -0.151. The van der Waals surface area contributed by atoms with E-state index in [1.54, 1.807) is 0 Å². The van der Waals surface area contributed by atoms with Crippen LogP contribution in [-0.4, -0.2) is 19.4 Å². The van der Waals surface area contributed by atoms with Crippen LogP contribution in [-0.2, 0) is 9.84 Å². The molecule has 0 saturated heterocycles. The lowest BCUT2D eigenvalue weighted by Crippen LogP contribution is -2.35. The molecule has 2 nitrogen and oxygen atoms in total. The Bertz CT molecular complexity index is 526. The van der Waals surface area contributed by atoms with Gasteiger partial charge in [-0.05, 0) is 32.0 Å². The molecule has 1 unspecified atom stereocenters. The van der Waals surface area contributed by atoms with Crippen molar-refractivity contribution >= 4 is 21.4 Å². The third kappa shape index (κ3) is 2.77. The summed E-state index contributed by atoms with van der Waals surface area (Å²) >= 11 is 5.97. The fourth-order valence-electron chi connectivity index (χ4n) is 1.27. The Kier molecular flexibility index (Phi) is 3.84. The van der Waals surface area contributed by atoms with Gasteiger partial charge in [-0.25, -0.2) is 17.2 Å². The molecule has 0 N–H and O–H groups in total. The van der Waals surface area contributed by atoms with E-state index >= 15 is 0 Å². The second-order valence-electron chi connectivity index (χ2n) is 4.40. The van der Waals surface area contributed by atoms with Gasteiger partial charge in [0.05, 0.1) is 10.1 Å². The average Bonchev–Trinajstić information content (AvgIpc) is 2.19. The van der Waals surface area contributed by atoms with Crippen molar-refractivity contribution in [3.63, 3.8) is 0 Å². The highest BCUT2D eigenvalue weighted by atomic mass is 35.5. The molecule has 0 fully saturated rings. The quantitative estimate of drug-likeness (QED) is 0.799. The number of halogens is 3. The van der Waals surface area contributed by atoms with Crippen LogP contribution in [0.1, 0.15) is 24.8 Å². The van der Waals surface area contributed by atoms with Gasteiger partial charge in [-0.3, -0.25) is 0 Å². The highest BCUT2D eigenvalue weighted by Crippen LogP contribution is 2.38. The van der Waals surface area contributed by atoms with Gasteiger partial charge in [0.2, 0.25) is 0 Å². The molecule has 17 heavy (non-hydrogen) atoms. The topological polar surface area (TPSA) is 34.1 Å². The molecule has 0 radical (unpaired) electrons. The normalized spacial score (nSPS) is 14.7. The number of hydrogen-bond acceptors (Lipinski definition) is 2. The lowest BCUT2D eigenvalue weighted by atomic mass is 10.0. The molecule has 0 heterocycles. The van der Waals surface area contributed by atoms with Crippen LogP contribution >= 0.6 is 11.6 Å². The summed E-state index contributed by atoms with van der Waals surface area (Å²) < 4.78 is 48.3. The molecule has 0 saturated carbocycles. The molecule has 0 bridgehead atoms. The summed E-state index contributed by atoms with van der Waals surface area (Å²) in [4.78, 5) is 0. The first kappa shape index (κ1) is 14.4. The van der Waals surface area contributed by atoms with Crippen molar-refractivity contribution in [1.29, 1.82) is 0 Å². The fraction of sp³-hybridized carbons (Fsp3) is 0.455. The zero-order valence-electron chi connectivity index (χ0n) is 9.67. The molecule has 0 aromatic heterocycles. The Morgan fingerprint density at radius 1 is 1.29 bits per heavy atom. The summed E-state index contributed by atoms with van der Waals surface area (Å²) in [5, 5.41) is -1.16. The minimum atomic E-state index is -3.50. The number of alkyl halides is 1. The number of rotatable bonds is 3. The first-order valence-electron chi connectivity index (χ1n) is 4.86. The molecule has 0 amide bonds. The Morgan fingerprint density at radius 2 is 1.82 bits per heavy atom. The zero-order valence-corrected chi connectivity index (χ0v) is 11.2. The summed E-state index contributed by atoms with van der Waals surface area (Å²) in [7, 11) is -3.50. The SMILES string of the molecule is CC(C)(C(Cl)c1cc(F)ccc1F)S(C)(=O)=O. The molecule has 96 valence electrons. The Morgan fingerprint density at radius 3 is 2.29 bits per heavy atom. The van der Waals surface area contributed by atoms with Crippen molar-refractivity contribution in [3.05, 3.63) is 35.4 Å². The maximum atomic E-state index is 13.5. The average molecular weight is 283 g/mol. The van der Waals surface area contributed by atoms with Gasteiger partial charge in [-0.1, -0.05) is 0 Å². The standard InChI is InChI=1S/C11H13ClF2O2S/c1-11(2,17(3,15)16)10(12)8-6-7(13)4-5-9(8)14/h4-6,10H,1-3H3. The second-order valence-corrected chi connectivity index (χ2v) is 7.44. The summed E-state index contributed by atoms with van der Waals surface area (Å²) in [5.74, 6) is -1.38. The van der Waals surface area contributed by atoms with Gasteiger partial charge in [0.1, 0.15) is 11.6 Å². The zero-order chi connectivity index (χ0) is 13.4. The van der Waals surface area contributed by atoms with Crippen molar-refractivity contribution in [2.45, 2.75) is 24.0 Å². The third-order valence-electron chi connectivity index (χ3n) is 2.80. The third-order valence-corrected chi connectivity index (χ3v) is 5.85. The molecule has 0 aliphatic rings. The number of benzene rings is 1. The van der Waals surface area contributed by atoms with Gasteiger partial charge in [0, 0.05) is 11.8 Å².